The molecule has 26 heavy (non-hydrogen) atoms. The van der Waals surface area contributed by atoms with Gasteiger partial charge in [-0.1, -0.05) is 12.1 Å². The lowest BCUT2D eigenvalue weighted by atomic mass is 10.1. The van der Waals surface area contributed by atoms with Crippen molar-refractivity contribution in [3.63, 3.8) is 0 Å². The Hall–Kier alpha value is -2.96. The average molecular weight is 350 g/mol. The largest absolute Gasteiger partial charge is 0.372 e. The van der Waals surface area contributed by atoms with Crippen molar-refractivity contribution in [2.45, 2.75) is 32.2 Å². The maximum Gasteiger partial charge on any atom is 0.255 e. The summed E-state index contributed by atoms with van der Waals surface area (Å²) in [6, 6.07) is 11.9. The molecule has 0 saturated carbocycles. The van der Waals surface area contributed by atoms with Crippen molar-refractivity contribution >= 4 is 17.2 Å². The summed E-state index contributed by atoms with van der Waals surface area (Å²) >= 11 is 0. The van der Waals surface area contributed by atoms with Gasteiger partial charge < -0.3 is 10.2 Å². The minimum Gasteiger partial charge on any atom is -0.372 e. The Kier molecular flexibility index (Phi) is 4.51. The number of hydrogen-bond acceptors (Lipinski definition) is 5. The molecule has 134 valence electrons. The van der Waals surface area contributed by atoms with Crippen LogP contribution in [0.3, 0.4) is 0 Å². The van der Waals surface area contributed by atoms with Crippen molar-refractivity contribution in [1.29, 1.82) is 0 Å². The van der Waals surface area contributed by atoms with Crippen molar-refractivity contribution in [3.05, 3.63) is 53.7 Å². The molecular formula is C19H22N6O. The molecule has 1 aliphatic heterocycles. The van der Waals surface area contributed by atoms with Gasteiger partial charge in [-0.3, -0.25) is 4.79 Å². The van der Waals surface area contributed by atoms with E-state index in [0.29, 0.717) is 11.2 Å². The SMILES string of the molecule is CC(NC(=O)c1cccn2nnnc12)c1ccc(N2CCCCC2)cc1. The van der Waals surface area contributed by atoms with E-state index in [0.717, 1.165) is 18.7 Å². The molecule has 1 fully saturated rings. The Bertz CT molecular complexity index is 898. The molecular weight excluding hydrogens is 328 g/mol. The first-order valence-electron chi connectivity index (χ1n) is 9.05. The first kappa shape index (κ1) is 16.5. The molecule has 1 amide bonds. The van der Waals surface area contributed by atoms with E-state index in [9.17, 15) is 4.79 Å². The summed E-state index contributed by atoms with van der Waals surface area (Å²) in [6.45, 7) is 4.24. The predicted molar refractivity (Wildman–Crippen MR) is 99.2 cm³/mol. The second-order valence-electron chi connectivity index (χ2n) is 6.70. The summed E-state index contributed by atoms with van der Waals surface area (Å²) < 4.78 is 1.49. The predicted octanol–water partition coefficient (Wildman–Crippen LogP) is 2.61. The maximum absolute atomic E-state index is 12.6. The van der Waals surface area contributed by atoms with E-state index >= 15 is 0 Å². The second kappa shape index (κ2) is 7.11. The van der Waals surface area contributed by atoms with Crippen LogP contribution < -0.4 is 10.2 Å². The maximum atomic E-state index is 12.6. The number of carbonyl (C=O) groups is 1. The molecule has 7 heteroatoms. The normalized spacial score (nSPS) is 15.8. The quantitative estimate of drug-likeness (QED) is 0.783. The lowest BCUT2D eigenvalue weighted by Gasteiger charge is -2.29. The third-order valence-electron chi connectivity index (χ3n) is 4.93. The molecule has 0 bridgehead atoms. The molecule has 0 aliphatic carbocycles. The Labute approximate surface area is 152 Å². The zero-order valence-electron chi connectivity index (χ0n) is 14.8. The summed E-state index contributed by atoms with van der Waals surface area (Å²) in [7, 11) is 0. The van der Waals surface area contributed by atoms with Crippen LogP contribution in [0.15, 0.2) is 42.6 Å². The van der Waals surface area contributed by atoms with Crippen LogP contribution in [0.25, 0.3) is 5.65 Å². The van der Waals surface area contributed by atoms with Crippen LogP contribution in [0.2, 0.25) is 0 Å². The van der Waals surface area contributed by atoms with Gasteiger partial charge in [-0.25, -0.2) is 0 Å². The summed E-state index contributed by atoms with van der Waals surface area (Å²) in [5.41, 5.74) is 3.25. The lowest BCUT2D eigenvalue weighted by Crippen LogP contribution is -2.29. The highest BCUT2D eigenvalue weighted by molar-refractivity contribution is 5.99. The molecule has 4 rings (SSSR count). The number of carbonyl (C=O) groups excluding carboxylic acids is 1. The molecule has 0 spiro atoms. The fraction of sp³-hybridized carbons (Fsp3) is 0.368. The van der Waals surface area contributed by atoms with E-state index in [4.69, 9.17) is 0 Å². The van der Waals surface area contributed by atoms with Crippen LogP contribution in [-0.2, 0) is 0 Å². The highest BCUT2D eigenvalue weighted by Crippen LogP contribution is 2.22. The molecule has 3 aromatic rings. The number of tetrazole rings is 1. The molecule has 1 atom stereocenters. The number of anilines is 1. The van der Waals surface area contributed by atoms with Gasteiger partial charge in [0.25, 0.3) is 5.91 Å². The Morgan fingerprint density at radius 1 is 1.12 bits per heavy atom. The number of piperidine rings is 1. The Morgan fingerprint density at radius 3 is 2.65 bits per heavy atom. The molecule has 0 radical (unpaired) electrons. The third kappa shape index (κ3) is 3.24. The summed E-state index contributed by atoms with van der Waals surface area (Å²) in [4.78, 5) is 15.1. The van der Waals surface area contributed by atoms with Crippen molar-refractivity contribution in [1.82, 2.24) is 25.4 Å². The van der Waals surface area contributed by atoms with E-state index in [1.807, 2.05) is 6.92 Å². The van der Waals surface area contributed by atoms with Gasteiger partial charge in [0.1, 0.15) is 0 Å². The highest BCUT2D eigenvalue weighted by Gasteiger charge is 2.16. The fourth-order valence-electron chi connectivity index (χ4n) is 3.43. The van der Waals surface area contributed by atoms with Crippen molar-refractivity contribution < 1.29 is 4.79 Å². The van der Waals surface area contributed by atoms with Gasteiger partial charge >= 0.3 is 0 Å². The molecule has 3 heterocycles. The molecule has 7 nitrogen and oxygen atoms in total. The van der Waals surface area contributed by atoms with Gasteiger partial charge in [0.05, 0.1) is 11.6 Å². The molecule has 1 N–H and O–H groups in total. The number of pyridine rings is 1. The summed E-state index contributed by atoms with van der Waals surface area (Å²) in [5.74, 6) is -0.182. The molecule has 2 aromatic heterocycles. The van der Waals surface area contributed by atoms with E-state index < -0.39 is 0 Å². The average Bonchev–Trinajstić information content (AvgIpc) is 3.17. The van der Waals surface area contributed by atoms with Crippen LogP contribution in [0.1, 0.15) is 48.1 Å². The first-order valence-corrected chi connectivity index (χ1v) is 9.05. The van der Waals surface area contributed by atoms with Crippen LogP contribution in [0, 0.1) is 0 Å². The Morgan fingerprint density at radius 2 is 1.88 bits per heavy atom. The van der Waals surface area contributed by atoms with E-state index in [1.54, 1.807) is 18.3 Å². The van der Waals surface area contributed by atoms with Crippen molar-refractivity contribution in [2.75, 3.05) is 18.0 Å². The van der Waals surface area contributed by atoms with Crippen LogP contribution in [-0.4, -0.2) is 39.0 Å². The molecule has 1 aliphatic rings. The van der Waals surface area contributed by atoms with Gasteiger partial charge in [-0.15, -0.1) is 5.10 Å². The third-order valence-corrected chi connectivity index (χ3v) is 4.93. The minimum atomic E-state index is -0.182. The standard InChI is InChI=1S/C19H22N6O/c1-14(15-7-9-16(10-8-15)24-11-3-2-4-12-24)20-19(26)17-6-5-13-25-18(17)21-22-23-25/h5-10,13-14H,2-4,11-12H2,1H3,(H,20,26). The number of hydrogen-bond donors (Lipinski definition) is 1. The van der Waals surface area contributed by atoms with E-state index in [2.05, 4.69) is 50.0 Å². The summed E-state index contributed by atoms with van der Waals surface area (Å²) in [5, 5.41) is 14.4. The smallest absolute Gasteiger partial charge is 0.255 e. The zero-order chi connectivity index (χ0) is 17.9. The minimum absolute atomic E-state index is 0.103. The zero-order valence-corrected chi connectivity index (χ0v) is 14.8. The number of benzene rings is 1. The molecule has 1 unspecified atom stereocenters. The number of rotatable bonds is 4. The molecule has 1 saturated heterocycles. The summed E-state index contributed by atoms with van der Waals surface area (Å²) in [6.07, 6.45) is 5.56. The van der Waals surface area contributed by atoms with Crippen LogP contribution >= 0.6 is 0 Å². The van der Waals surface area contributed by atoms with Gasteiger partial charge in [-0.2, -0.15) is 4.52 Å². The van der Waals surface area contributed by atoms with Crippen LogP contribution in [0.5, 0.6) is 0 Å². The van der Waals surface area contributed by atoms with Gasteiger partial charge in [0.2, 0.25) is 0 Å². The van der Waals surface area contributed by atoms with E-state index in [1.165, 1.54) is 29.5 Å². The van der Waals surface area contributed by atoms with Gasteiger partial charge in [0.15, 0.2) is 5.65 Å². The van der Waals surface area contributed by atoms with Crippen LogP contribution in [0.4, 0.5) is 5.69 Å². The van der Waals surface area contributed by atoms with Crippen molar-refractivity contribution in [3.8, 4) is 0 Å². The first-order chi connectivity index (χ1) is 12.7. The van der Waals surface area contributed by atoms with Gasteiger partial charge in [-0.05, 0) is 66.4 Å². The monoisotopic (exact) mass is 350 g/mol. The number of amides is 1. The topological polar surface area (TPSA) is 75.4 Å². The fourth-order valence-corrected chi connectivity index (χ4v) is 3.43. The lowest BCUT2D eigenvalue weighted by molar-refractivity contribution is 0.0941. The van der Waals surface area contributed by atoms with E-state index in [-0.39, 0.29) is 11.9 Å². The van der Waals surface area contributed by atoms with Gasteiger partial charge in [0, 0.05) is 25.0 Å². The Balaban J connectivity index is 1.46. The van der Waals surface area contributed by atoms with Crippen molar-refractivity contribution in [2.24, 2.45) is 0 Å². The number of nitrogens with one attached hydrogen (secondary N) is 1. The number of nitrogens with zero attached hydrogens (tertiary/aromatic N) is 5. The number of fused-ring (bicyclic) bond motifs is 1. The second-order valence-corrected chi connectivity index (χ2v) is 6.70. The number of aromatic nitrogens is 4. The molecule has 1 aromatic carbocycles. The highest BCUT2D eigenvalue weighted by atomic mass is 16.1.